The molecule has 1 N–H and O–H groups in total. The first-order chi connectivity index (χ1) is 15.5. The summed E-state index contributed by atoms with van der Waals surface area (Å²) in [7, 11) is 0. The largest absolute Gasteiger partial charge is 0.351 e. The normalized spacial score (nSPS) is 18.1. The molecule has 1 aliphatic rings. The Bertz CT molecular complexity index is 1260. The fourth-order valence-electron chi connectivity index (χ4n) is 4.53. The first-order valence-electron chi connectivity index (χ1n) is 10.9. The summed E-state index contributed by atoms with van der Waals surface area (Å²) in [5, 5.41) is 4.29. The predicted octanol–water partition coefficient (Wildman–Crippen LogP) is 5.97. The lowest BCUT2D eigenvalue weighted by Crippen LogP contribution is -2.30. The van der Waals surface area contributed by atoms with Crippen molar-refractivity contribution in [2.75, 3.05) is 4.90 Å². The zero-order chi connectivity index (χ0) is 22.2. The van der Waals surface area contributed by atoms with Crippen LogP contribution < -0.4 is 10.2 Å². The SMILES string of the molecule is Cc1ccc(N2C(=S)N[C@H](c3ccccn3)[C@H]2c2ccc(C)n2-c2ccccc2)cc1C. The van der Waals surface area contributed by atoms with Crippen molar-refractivity contribution in [1.82, 2.24) is 14.9 Å². The molecule has 0 unspecified atom stereocenters. The van der Waals surface area contributed by atoms with Crippen molar-refractivity contribution in [1.29, 1.82) is 0 Å². The topological polar surface area (TPSA) is 33.1 Å². The van der Waals surface area contributed by atoms with Crippen LogP contribution in [0.25, 0.3) is 5.69 Å². The molecule has 0 bridgehead atoms. The van der Waals surface area contributed by atoms with Gasteiger partial charge in [0.15, 0.2) is 5.11 Å². The molecule has 1 fully saturated rings. The van der Waals surface area contributed by atoms with Crippen molar-refractivity contribution in [3.8, 4) is 5.69 Å². The number of anilines is 1. The van der Waals surface area contributed by atoms with Crippen LogP contribution in [0.1, 0.15) is 40.3 Å². The van der Waals surface area contributed by atoms with Gasteiger partial charge in [0.1, 0.15) is 6.04 Å². The summed E-state index contributed by atoms with van der Waals surface area (Å²) in [5.41, 5.74) is 8.09. The number of nitrogens with one attached hydrogen (secondary N) is 1. The molecule has 5 heteroatoms. The van der Waals surface area contributed by atoms with E-state index in [1.54, 1.807) is 0 Å². The van der Waals surface area contributed by atoms with E-state index in [-0.39, 0.29) is 12.1 Å². The van der Waals surface area contributed by atoms with E-state index >= 15 is 0 Å². The second-order valence-corrected chi connectivity index (χ2v) is 8.72. The van der Waals surface area contributed by atoms with Gasteiger partial charge < -0.3 is 14.8 Å². The van der Waals surface area contributed by atoms with Crippen LogP contribution in [0.2, 0.25) is 0 Å². The highest BCUT2D eigenvalue weighted by atomic mass is 32.1. The maximum atomic E-state index is 5.90. The van der Waals surface area contributed by atoms with Crippen LogP contribution in [0.3, 0.4) is 0 Å². The van der Waals surface area contributed by atoms with Gasteiger partial charge in [0.25, 0.3) is 0 Å². The molecule has 160 valence electrons. The maximum Gasteiger partial charge on any atom is 0.174 e. The number of pyridine rings is 1. The Morgan fingerprint density at radius 3 is 2.31 bits per heavy atom. The van der Waals surface area contributed by atoms with E-state index < -0.39 is 0 Å². The Hall–Kier alpha value is -3.44. The lowest BCUT2D eigenvalue weighted by Gasteiger charge is -2.29. The molecule has 32 heavy (non-hydrogen) atoms. The van der Waals surface area contributed by atoms with Crippen LogP contribution in [0, 0.1) is 20.8 Å². The number of aromatic nitrogens is 2. The lowest BCUT2D eigenvalue weighted by atomic mass is 10.00. The third-order valence-electron chi connectivity index (χ3n) is 6.29. The molecule has 2 aromatic carbocycles. The van der Waals surface area contributed by atoms with Gasteiger partial charge in [-0.3, -0.25) is 4.98 Å². The molecule has 0 aliphatic carbocycles. The van der Waals surface area contributed by atoms with Crippen LogP contribution in [0.15, 0.2) is 85.1 Å². The number of para-hydroxylation sites is 1. The van der Waals surface area contributed by atoms with Crippen molar-refractivity contribution >= 4 is 23.0 Å². The number of thiocarbonyl (C=S) groups is 1. The summed E-state index contributed by atoms with van der Waals surface area (Å²) in [5.74, 6) is 0. The monoisotopic (exact) mass is 438 g/mol. The third-order valence-corrected chi connectivity index (χ3v) is 6.60. The van der Waals surface area contributed by atoms with Gasteiger partial charge in [0.2, 0.25) is 0 Å². The Morgan fingerprint density at radius 1 is 0.812 bits per heavy atom. The van der Waals surface area contributed by atoms with Crippen molar-refractivity contribution < 1.29 is 0 Å². The molecule has 0 radical (unpaired) electrons. The highest BCUT2D eigenvalue weighted by molar-refractivity contribution is 7.80. The molecule has 0 spiro atoms. The van der Waals surface area contributed by atoms with Gasteiger partial charge in [0.05, 0.1) is 11.7 Å². The standard InChI is InChI=1S/C27H26N4S/c1-18-12-14-22(17-19(18)2)31-26(25(29-27(31)32)23-11-7-8-16-28-23)24-15-13-20(3)30(24)21-9-5-4-6-10-21/h4-17,25-26H,1-3H3,(H,29,32)/t25-,26-/m1/s1. The van der Waals surface area contributed by atoms with Gasteiger partial charge in [-0.2, -0.15) is 0 Å². The second-order valence-electron chi connectivity index (χ2n) is 8.34. The van der Waals surface area contributed by atoms with Gasteiger partial charge in [0, 0.05) is 29.0 Å². The first kappa shape index (κ1) is 20.5. The van der Waals surface area contributed by atoms with Crippen molar-refractivity contribution in [3.63, 3.8) is 0 Å². The minimum Gasteiger partial charge on any atom is -0.351 e. The van der Waals surface area contributed by atoms with Crippen LogP contribution in [0.5, 0.6) is 0 Å². The summed E-state index contributed by atoms with van der Waals surface area (Å²) < 4.78 is 2.32. The summed E-state index contributed by atoms with van der Waals surface area (Å²) in [6.45, 7) is 6.43. The quantitative estimate of drug-likeness (QED) is 0.398. The predicted molar refractivity (Wildman–Crippen MR) is 134 cm³/mol. The summed E-state index contributed by atoms with van der Waals surface area (Å²) in [4.78, 5) is 6.93. The molecular formula is C27H26N4S. The van der Waals surface area contributed by atoms with Crippen molar-refractivity contribution in [2.45, 2.75) is 32.9 Å². The molecule has 1 saturated heterocycles. The highest BCUT2D eigenvalue weighted by Gasteiger charge is 2.42. The van der Waals surface area contributed by atoms with Gasteiger partial charge in [-0.25, -0.2) is 0 Å². The third kappa shape index (κ3) is 3.49. The molecule has 1 aliphatic heterocycles. The average molecular weight is 439 g/mol. The Morgan fingerprint density at radius 2 is 1.59 bits per heavy atom. The Labute approximate surface area is 194 Å². The van der Waals surface area contributed by atoms with E-state index in [1.807, 2.05) is 24.4 Å². The number of hydrogen-bond acceptors (Lipinski definition) is 2. The molecule has 3 heterocycles. The molecular weight excluding hydrogens is 412 g/mol. The fourth-order valence-corrected chi connectivity index (χ4v) is 4.87. The van der Waals surface area contributed by atoms with Crippen molar-refractivity contribution in [2.24, 2.45) is 0 Å². The van der Waals surface area contributed by atoms with Crippen molar-refractivity contribution in [3.05, 3.63) is 113 Å². The number of aryl methyl sites for hydroxylation is 3. The Kier molecular flexibility index (Phi) is 5.27. The first-order valence-corrected chi connectivity index (χ1v) is 11.3. The van der Waals surface area contributed by atoms with E-state index in [1.165, 1.54) is 22.5 Å². The molecule has 2 aromatic heterocycles. The second kappa shape index (κ2) is 8.24. The molecule has 4 aromatic rings. The minimum absolute atomic E-state index is 0.0478. The van der Waals surface area contributed by atoms with Crippen LogP contribution in [-0.2, 0) is 0 Å². The zero-order valence-electron chi connectivity index (χ0n) is 18.5. The van der Waals surface area contributed by atoms with E-state index in [2.05, 4.69) is 101 Å². The smallest absolute Gasteiger partial charge is 0.174 e. The van der Waals surface area contributed by atoms with Crippen LogP contribution in [0.4, 0.5) is 5.69 Å². The number of benzene rings is 2. The summed E-state index contributed by atoms with van der Waals surface area (Å²) in [6.07, 6.45) is 1.84. The minimum atomic E-state index is -0.0675. The maximum absolute atomic E-state index is 5.90. The van der Waals surface area contributed by atoms with E-state index in [4.69, 9.17) is 12.2 Å². The van der Waals surface area contributed by atoms with Crippen LogP contribution in [-0.4, -0.2) is 14.7 Å². The highest BCUT2D eigenvalue weighted by Crippen LogP contribution is 2.43. The molecule has 2 atom stereocenters. The zero-order valence-corrected chi connectivity index (χ0v) is 19.3. The van der Waals surface area contributed by atoms with Gasteiger partial charge >= 0.3 is 0 Å². The lowest BCUT2D eigenvalue weighted by molar-refractivity contribution is 0.548. The summed E-state index contributed by atoms with van der Waals surface area (Å²) in [6, 6.07) is 27.4. The number of hydrogen-bond donors (Lipinski definition) is 1. The van der Waals surface area contributed by atoms with Gasteiger partial charge in [-0.15, -0.1) is 0 Å². The van der Waals surface area contributed by atoms with E-state index in [0.717, 1.165) is 17.1 Å². The molecule has 4 nitrogen and oxygen atoms in total. The number of rotatable bonds is 4. The number of nitrogens with zero attached hydrogens (tertiary/aromatic N) is 3. The van der Waals surface area contributed by atoms with Gasteiger partial charge in [-0.05, 0) is 92.6 Å². The molecule has 0 saturated carbocycles. The van der Waals surface area contributed by atoms with Crippen LogP contribution >= 0.6 is 12.2 Å². The van der Waals surface area contributed by atoms with E-state index in [9.17, 15) is 0 Å². The molecule has 0 amide bonds. The summed E-state index contributed by atoms with van der Waals surface area (Å²) >= 11 is 5.90. The fraction of sp³-hybridized carbons (Fsp3) is 0.185. The molecule has 5 rings (SSSR count). The van der Waals surface area contributed by atoms with Gasteiger partial charge in [-0.1, -0.05) is 30.3 Å². The van der Waals surface area contributed by atoms with E-state index in [0.29, 0.717) is 5.11 Å². The average Bonchev–Trinajstić information content (AvgIpc) is 3.36. The Balaban J connectivity index is 1.71.